The highest BCUT2D eigenvalue weighted by Gasteiger charge is 2.46. The minimum absolute atomic E-state index is 0.0455. The number of carbonyl (C=O) groups excluding carboxylic acids is 1. The number of benzene rings is 2. The zero-order valence-electron chi connectivity index (χ0n) is 25.5. The van der Waals surface area contributed by atoms with Gasteiger partial charge in [-0.2, -0.15) is 26.3 Å². The van der Waals surface area contributed by atoms with Gasteiger partial charge < -0.3 is 24.6 Å². The molecule has 1 amide bonds. The maximum Gasteiger partial charge on any atom is 0.417 e. The molecule has 4 aromatic rings. The number of aryl methyl sites for hydroxylation is 1. The fourth-order valence-corrected chi connectivity index (χ4v) is 5.69. The third-order valence-corrected chi connectivity index (χ3v) is 8.22. The van der Waals surface area contributed by atoms with E-state index >= 15 is 8.78 Å². The number of anilines is 1. The molecule has 17 heteroatoms. The lowest BCUT2D eigenvalue weighted by Gasteiger charge is -2.38. The standard InChI is InChI=1S/C32H26F8N4O5/c1-15-10-20(31(35,36)37)25(29(46)43(15)2)19-6-5-16(18-4-3-7-41-27(18)19)11-23(30(47)48)42-28(45)26-21(33)12-17(13-22(26)34)44-8-9-49-14-24(44)32(38,39)40/h3-7,10,12-13,23-24H,8-9,11,14H2,1-2H3,(H,42,45)(H,47,48). The van der Waals surface area contributed by atoms with Crippen molar-refractivity contribution in [2.45, 2.75) is 37.8 Å². The topological polar surface area (TPSA) is 114 Å². The first-order valence-electron chi connectivity index (χ1n) is 14.5. The Hall–Kier alpha value is -5.06. The van der Waals surface area contributed by atoms with E-state index in [2.05, 4.69) is 4.98 Å². The smallest absolute Gasteiger partial charge is 0.417 e. The van der Waals surface area contributed by atoms with Crippen LogP contribution in [0.2, 0.25) is 0 Å². The Morgan fingerprint density at radius 3 is 2.37 bits per heavy atom. The zero-order chi connectivity index (χ0) is 36.0. The third kappa shape index (κ3) is 6.93. The number of morpholine rings is 1. The van der Waals surface area contributed by atoms with Gasteiger partial charge in [-0.15, -0.1) is 0 Å². The third-order valence-electron chi connectivity index (χ3n) is 8.22. The van der Waals surface area contributed by atoms with Gasteiger partial charge in [0.15, 0.2) is 0 Å². The average Bonchev–Trinajstić information content (AvgIpc) is 3.02. The van der Waals surface area contributed by atoms with Gasteiger partial charge in [-0.25, -0.2) is 13.6 Å². The number of aliphatic carboxylic acids is 1. The number of carboxylic acid groups (broad SMARTS) is 1. The SMILES string of the molecule is Cc1cc(C(F)(F)F)c(-c2ccc(CC(NC(=O)c3c(F)cc(N4CCOCC4C(F)(F)F)cc3F)C(=O)O)c3cccnc23)c(=O)n1C. The van der Waals surface area contributed by atoms with Crippen LogP contribution in [-0.2, 0) is 29.2 Å². The van der Waals surface area contributed by atoms with Gasteiger partial charge >= 0.3 is 18.3 Å². The van der Waals surface area contributed by atoms with Crippen LogP contribution in [0.1, 0.15) is 27.2 Å². The molecule has 49 heavy (non-hydrogen) atoms. The summed E-state index contributed by atoms with van der Waals surface area (Å²) >= 11 is 0. The van der Waals surface area contributed by atoms with E-state index in [-0.39, 0.29) is 40.9 Å². The summed E-state index contributed by atoms with van der Waals surface area (Å²) < 4.78 is 119. The highest BCUT2D eigenvalue weighted by molar-refractivity contribution is 5.99. The lowest BCUT2D eigenvalue weighted by molar-refractivity contribution is -0.167. The van der Waals surface area contributed by atoms with Crippen molar-refractivity contribution in [2.24, 2.45) is 7.05 Å². The second-order valence-electron chi connectivity index (χ2n) is 11.3. The van der Waals surface area contributed by atoms with Crippen molar-refractivity contribution in [3.05, 3.63) is 93.0 Å². The van der Waals surface area contributed by atoms with Crippen molar-refractivity contribution in [1.82, 2.24) is 14.9 Å². The van der Waals surface area contributed by atoms with Crippen LogP contribution in [0.5, 0.6) is 0 Å². The van der Waals surface area contributed by atoms with E-state index in [4.69, 9.17) is 4.74 Å². The van der Waals surface area contributed by atoms with Crippen LogP contribution in [0.15, 0.2) is 53.5 Å². The largest absolute Gasteiger partial charge is 0.480 e. The minimum atomic E-state index is -4.92. The summed E-state index contributed by atoms with van der Waals surface area (Å²) in [5.74, 6) is -6.29. The van der Waals surface area contributed by atoms with Gasteiger partial charge in [0.1, 0.15) is 29.3 Å². The summed E-state index contributed by atoms with van der Waals surface area (Å²) in [6, 6.07) is 3.03. The molecule has 0 radical (unpaired) electrons. The molecule has 3 heterocycles. The van der Waals surface area contributed by atoms with E-state index in [0.29, 0.717) is 17.0 Å². The number of nitrogens with zero attached hydrogens (tertiary/aromatic N) is 3. The van der Waals surface area contributed by atoms with Crippen LogP contribution in [0.3, 0.4) is 0 Å². The molecule has 2 aromatic heterocycles. The van der Waals surface area contributed by atoms with Crippen molar-refractivity contribution in [2.75, 3.05) is 24.7 Å². The Morgan fingerprint density at radius 1 is 1.08 bits per heavy atom. The summed E-state index contributed by atoms with van der Waals surface area (Å²) in [4.78, 5) is 43.2. The quantitative estimate of drug-likeness (QED) is 0.249. The number of fused-ring (bicyclic) bond motifs is 1. The highest BCUT2D eigenvalue weighted by atomic mass is 19.4. The molecule has 5 rings (SSSR count). The predicted octanol–water partition coefficient (Wildman–Crippen LogP) is 5.40. The molecule has 0 spiro atoms. The molecule has 1 aliphatic rings. The first-order chi connectivity index (χ1) is 22.9. The summed E-state index contributed by atoms with van der Waals surface area (Å²) in [6.07, 6.45) is -9.02. The van der Waals surface area contributed by atoms with Gasteiger partial charge in [0.25, 0.3) is 11.5 Å². The number of aromatic nitrogens is 2. The Balaban J connectivity index is 1.48. The number of hydrogen-bond acceptors (Lipinski definition) is 6. The van der Waals surface area contributed by atoms with E-state index in [1.807, 2.05) is 5.32 Å². The van der Waals surface area contributed by atoms with Gasteiger partial charge in [0.2, 0.25) is 0 Å². The Labute approximate surface area is 271 Å². The zero-order valence-corrected chi connectivity index (χ0v) is 25.5. The van der Waals surface area contributed by atoms with E-state index in [0.717, 1.165) is 16.7 Å². The van der Waals surface area contributed by atoms with Crippen LogP contribution >= 0.6 is 0 Å². The van der Waals surface area contributed by atoms with Crippen LogP contribution < -0.4 is 15.8 Å². The van der Waals surface area contributed by atoms with Crippen LogP contribution in [0.4, 0.5) is 40.8 Å². The highest BCUT2D eigenvalue weighted by Crippen LogP contribution is 2.39. The molecule has 260 valence electrons. The second kappa shape index (κ2) is 13.1. The van der Waals surface area contributed by atoms with Crippen molar-refractivity contribution >= 4 is 28.5 Å². The average molecular weight is 699 g/mol. The van der Waals surface area contributed by atoms with Crippen molar-refractivity contribution < 1.29 is 54.6 Å². The number of halogens is 8. The monoisotopic (exact) mass is 698 g/mol. The minimum Gasteiger partial charge on any atom is -0.480 e. The molecule has 1 saturated heterocycles. The maximum atomic E-state index is 15.1. The lowest BCUT2D eigenvalue weighted by atomic mass is 9.93. The number of ether oxygens (including phenoxy) is 1. The first kappa shape index (κ1) is 35.3. The summed E-state index contributed by atoms with van der Waals surface area (Å²) in [5.41, 5.74) is -4.71. The van der Waals surface area contributed by atoms with E-state index in [9.17, 15) is 45.8 Å². The molecule has 1 aliphatic heterocycles. The number of carboxylic acids is 1. The molecule has 2 aromatic carbocycles. The fraction of sp³-hybridized carbons (Fsp3) is 0.312. The first-order valence-corrected chi connectivity index (χ1v) is 14.5. The summed E-state index contributed by atoms with van der Waals surface area (Å²) in [6.45, 7) is 0.0350. The van der Waals surface area contributed by atoms with E-state index in [1.165, 1.54) is 38.4 Å². The van der Waals surface area contributed by atoms with E-state index < -0.39 is 88.9 Å². The van der Waals surface area contributed by atoms with Crippen LogP contribution in [0.25, 0.3) is 22.0 Å². The Kier molecular flexibility index (Phi) is 9.42. The van der Waals surface area contributed by atoms with Gasteiger partial charge in [-0.05, 0) is 36.8 Å². The number of rotatable bonds is 7. The van der Waals surface area contributed by atoms with Crippen LogP contribution in [-0.4, -0.2) is 64.6 Å². The van der Waals surface area contributed by atoms with Gasteiger partial charge in [0.05, 0.1) is 29.9 Å². The molecule has 0 aliphatic carbocycles. The van der Waals surface area contributed by atoms with Gasteiger partial charge in [-0.1, -0.05) is 18.2 Å². The molecule has 1 fully saturated rings. The fourth-order valence-electron chi connectivity index (χ4n) is 5.69. The molecule has 2 N–H and O–H groups in total. The number of hydrogen-bond donors (Lipinski definition) is 2. The lowest BCUT2D eigenvalue weighted by Crippen LogP contribution is -2.53. The molecule has 0 bridgehead atoms. The maximum absolute atomic E-state index is 15.1. The predicted molar refractivity (Wildman–Crippen MR) is 159 cm³/mol. The number of pyridine rings is 2. The van der Waals surface area contributed by atoms with Crippen molar-refractivity contribution in [1.29, 1.82) is 0 Å². The Bertz CT molecular complexity index is 1990. The molecule has 2 atom stereocenters. The molecule has 0 saturated carbocycles. The number of alkyl halides is 6. The number of amides is 1. The number of nitrogens with one attached hydrogen (secondary N) is 1. The molecular weight excluding hydrogens is 672 g/mol. The summed E-state index contributed by atoms with van der Waals surface area (Å²) in [7, 11) is 1.30. The van der Waals surface area contributed by atoms with Crippen molar-refractivity contribution in [3.8, 4) is 11.1 Å². The van der Waals surface area contributed by atoms with E-state index in [1.54, 1.807) is 0 Å². The molecular formula is C32H26F8N4O5. The van der Waals surface area contributed by atoms with Crippen molar-refractivity contribution in [3.63, 3.8) is 0 Å². The normalized spacial score (nSPS) is 16.1. The molecule has 9 nitrogen and oxygen atoms in total. The Morgan fingerprint density at radius 2 is 1.76 bits per heavy atom. The van der Waals surface area contributed by atoms with Gasteiger partial charge in [0, 0.05) is 48.5 Å². The summed E-state index contributed by atoms with van der Waals surface area (Å²) in [5, 5.41) is 12.0. The number of carbonyl (C=O) groups is 2. The van der Waals surface area contributed by atoms with Gasteiger partial charge in [-0.3, -0.25) is 14.6 Å². The second-order valence-corrected chi connectivity index (χ2v) is 11.3. The molecule has 2 unspecified atom stereocenters. The van der Waals surface area contributed by atoms with Crippen LogP contribution in [0, 0.1) is 18.6 Å².